The lowest BCUT2D eigenvalue weighted by Crippen LogP contribution is -2.00. The first-order chi connectivity index (χ1) is 9.52. The molecule has 0 radical (unpaired) electrons. The Morgan fingerprint density at radius 1 is 1.30 bits per heavy atom. The summed E-state index contributed by atoms with van der Waals surface area (Å²) >= 11 is 9.09. The average molecular weight is 358 g/mol. The highest BCUT2D eigenvalue weighted by molar-refractivity contribution is 9.10. The first-order valence-corrected chi connectivity index (χ1v) is 6.79. The molecule has 0 atom stereocenters. The molecule has 0 fully saturated rings. The van der Waals surface area contributed by atoms with Gasteiger partial charge in [0, 0.05) is 23.2 Å². The lowest BCUT2D eigenvalue weighted by Gasteiger charge is -2.11. The van der Waals surface area contributed by atoms with E-state index in [1.807, 2.05) is 0 Å². The van der Waals surface area contributed by atoms with Crippen LogP contribution < -0.4 is 10.5 Å². The van der Waals surface area contributed by atoms with Crippen molar-refractivity contribution in [1.29, 1.82) is 0 Å². The summed E-state index contributed by atoms with van der Waals surface area (Å²) in [5.74, 6) is 0.803. The molecule has 2 aromatic carbocycles. The molecule has 2 N–H and O–H groups in total. The van der Waals surface area contributed by atoms with Gasteiger partial charge in [-0.05, 0) is 34.1 Å². The molecule has 0 unspecified atom stereocenters. The summed E-state index contributed by atoms with van der Waals surface area (Å²) in [6, 6.07) is 9.64. The summed E-state index contributed by atoms with van der Waals surface area (Å²) in [6.07, 6.45) is 0. The van der Waals surface area contributed by atoms with Crippen molar-refractivity contribution >= 4 is 33.2 Å². The molecule has 0 aromatic heterocycles. The zero-order chi connectivity index (χ0) is 14.7. The third-order valence-corrected chi connectivity index (χ3v) is 3.64. The summed E-state index contributed by atoms with van der Waals surface area (Å²) < 4.78 is 5.96. The topological polar surface area (TPSA) is 78.4 Å². The van der Waals surface area contributed by atoms with Crippen LogP contribution in [0.2, 0.25) is 5.02 Å². The van der Waals surface area contributed by atoms with Crippen molar-refractivity contribution in [3.63, 3.8) is 0 Å². The Morgan fingerprint density at radius 3 is 2.70 bits per heavy atom. The fourth-order valence-corrected chi connectivity index (χ4v) is 2.28. The number of nitrogens with zero attached hydrogens (tertiary/aromatic N) is 1. The highest BCUT2D eigenvalue weighted by Crippen LogP contribution is 2.37. The molecule has 0 aliphatic rings. The molecule has 2 aromatic rings. The first kappa shape index (κ1) is 14.8. The van der Waals surface area contributed by atoms with E-state index < -0.39 is 4.92 Å². The zero-order valence-electron chi connectivity index (χ0n) is 10.2. The number of nitrogens with two attached hydrogens (primary N) is 1. The standard InChI is InChI=1S/C13H10BrClN2O3/c14-13-10(17(18)19)2-1-3-11(13)20-12-6-9(15)5-4-8(12)7-16/h1-6H,7,16H2. The zero-order valence-corrected chi connectivity index (χ0v) is 12.5. The molecule has 0 bridgehead atoms. The highest BCUT2D eigenvalue weighted by atomic mass is 79.9. The van der Waals surface area contributed by atoms with Gasteiger partial charge in [-0.25, -0.2) is 0 Å². The van der Waals surface area contributed by atoms with Crippen molar-refractivity contribution in [3.05, 3.63) is 61.6 Å². The SMILES string of the molecule is NCc1ccc(Cl)cc1Oc1cccc([N+](=O)[O-])c1Br. The number of halogens is 2. The Labute approximate surface area is 128 Å². The van der Waals surface area contributed by atoms with Crippen LogP contribution in [0.5, 0.6) is 11.5 Å². The Balaban J connectivity index is 2.42. The number of hydrogen-bond acceptors (Lipinski definition) is 4. The van der Waals surface area contributed by atoms with Crippen LogP contribution >= 0.6 is 27.5 Å². The Bertz CT molecular complexity index is 664. The summed E-state index contributed by atoms with van der Waals surface area (Å²) in [5.41, 5.74) is 6.31. The number of rotatable bonds is 4. The molecule has 0 heterocycles. The minimum absolute atomic E-state index is 0.0705. The second kappa shape index (κ2) is 6.21. The predicted octanol–water partition coefficient (Wildman–Crippen LogP) is 4.26. The molecule has 0 aliphatic carbocycles. The third kappa shape index (κ3) is 3.09. The molecule has 20 heavy (non-hydrogen) atoms. The van der Waals surface area contributed by atoms with E-state index in [0.29, 0.717) is 16.5 Å². The maximum atomic E-state index is 10.9. The van der Waals surface area contributed by atoms with Gasteiger partial charge >= 0.3 is 0 Å². The largest absolute Gasteiger partial charge is 0.456 e. The van der Waals surface area contributed by atoms with Crippen molar-refractivity contribution in [2.24, 2.45) is 5.73 Å². The fraction of sp³-hybridized carbons (Fsp3) is 0.0769. The molecule has 0 saturated heterocycles. The van der Waals surface area contributed by atoms with Crippen molar-refractivity contribution < 1.29 is 9.66 Å². The number of benzene rings is 2. The van der Waals surface area contributed by atoms with Crippen molar-refractivity contribution in [2.45, 2.75) is 6.54 Å². The van der Waals surface area contributed by atoms with Crippen LogP contribution in [0.4, 0.5) is 5.69 Å². The molecule has 5 nitrogen and oxygen atoms in total. The van der Waals surface area contributed by atoms with Gasteiger partial charge in [-0.15, -0.1) is 0 Å². The Hall–Kier alpha value is -1.63. The van der Waals surface area contributed by atoms with Crippen molar-refractivity contribution in [2.75, 3.05) is 0 Å². The number of nitro groups is 1. The maximum Gasteiger partial charge on any atom is 0.287 e. The van der Waals surface area contributed by atoms with Crippen LogP contribution in [0.1, 0.15) is 5.56 Å². The molecule has 2 rings (SSSR count). The molecule has 0 spiro atoms. The van der Waals surface area contributed by atoms with Crippen LogP contribution in [-0.2, 0) is 6.54 Å². The Morgan fingerprint density at radius 2 is 2.05 bits per heavy atom. The van der Waals surface area contributed by atoms with Gasteiger partial charge in [0.2, 0.25) is 0 Å². The van der Waals surface area contributed by atoms with Crippen LogP contribution in [0.25, 0.3) is 0 Å². The number of hydrogen-bond donors (Lipinski definition) is 1. The van der Waals surface area contributed by atoms with E-state index in [0.717, 1.165) is 5.56 Å². The van der Waals surface area contributed by atoms with Crippen LogP contribution in [0, 0.1) is 10.1 Å². The minimum atomic E-state index is -0.487. The van der Waals surface area contributed by atoms with E-state index in [-0.39, 0.29) is 16.7 Å². The van der Waals surface area contributed by atoms with Gasteiger partial charge in [0.05, 0.1) is 4.92 Å². The second-order valence-corrected chi connectivity index (χ2v) is 5.13. The smallest absolute Gasteiger partial charge is 0.287 e. The second-order valence-electron chi connectivity index (χ2n) is 3.90. The molecular weight excluding hydrogens is 348 g/mol. The van der Waals surface area contributed by atoms with Crippen LogP contribution in [0.3, 0.4) is 0 Å². The lowest BCUT2D eigenvalue weighted by molar-refractivity contribution is -0.385. The summed E-state index contributed by atoms with van der Waals surface area (Å²) in [7, 11) is 0. The van der Waals surface area contributed by atoms with Crippen LogP contribution in [0.15, 0.2) is 40.9 Å². The number of nitro benzene ring substituents is 1. The molecule has 0 saturated carbocycles. The minimum Gasteiger partial charge on any atom is -0.456 e. The van der Waals surface area contributed by atoms with Crippen molar-refractivity contribution in [1.82, 2.24) is 0 Å². The van der Waals surface area contributed by atoms with Gasteiger partial charge in [-0.2, -0.15) is 0 Å². The number of ether oxygens (including phenoxy) is 1. The molecule has 104 valence electrons. The van der Waals surface area contributed by atoms with Crippen molar-refractivity contribution in [3.8, 4) is 11.5 Å². The van der Waals surface area contributed by atoms with E-state index in [2.05, 4.69) is 15.9 Å². The molecule has 0 aliphatic heterocycles. The summed E-state index contributed by atoms with van der Waals surface area (Å²) in [5, 5.41) is 11.4. The van der Waals surface area contributed by atoms with E-state index in [1.54, 1.807) is 30.3 Å². The fourth-order valence-electron chi connectivity index (χ4n) is 1.63. The normalized spacial score (nSPS) is 10.3. The lowest BCUT2D eigenvalue weighted by atomic mass is 10.2. The Kier molecular flexibility index (Phi) is 4.59. The van der Waals surface area contributed by atoms with Gasteiger partial charge in [-0.3, -0.25) is 10.1 Å². The van der Waals surface area contributed by atoms with Crippen LogP contribution in [-0.4, -0.2) is 4.92 Å². The highest BCUT2D eigenvalue weighted by Gasteiger charge is 2.17. The van der Waals surface area contributed by atoms with Gasteiger partial charge in [0.1, 0.15) is 16.0 Å². The van der Waals surface area contributed by atoms with Gasteiger partial charge in [0.25, 0.3) is 5.69 Å². The monoisotopic (exact) mass is 356 g/mol. The molecular formula is C13H10BrClN2O3. The van der Waals surface area contributed by atoms with Gasteiger partial charge in [-0.1, -0.05) is 23.7 Å². The summed E-state index contributed by atoms with van der Waals surface area (Å²) in [6.45, 7) is 0.277. The first-order valence-electron chi connectivity index (χ1n) is 5.62. The van der Waals surface area contributed by atoms with Gasteiger partial charge in [0.15, 0.2) is 0 Å². The third-order valence-electron chi connectivity index (χ3n) is 2.61. The molecule has 0 amide bonds. The van der Waals surface area contributed by atoms with E-state index in [9.17, 15) is 10.1 Å². The predicted molar refractivity (Wildman–Crippen MR) is 80.2 cm³/mol. The summed E-state index contributed by atoms with van der Waals surface area (Å²) in [4.78, 5) is 10.4. The van der Waals surface area contributed by atoms with E-state index >= 15 is 0 Å². The molecule has 7 heteroatoms. The van der Waals surface area contributed by atoms with Gasteiger partial charge < -0.3 is 10.5 Å². The van der Waals surface area contributed by atoms with E-state index in [4.69, 9.17) is 22.1 Å². The van der Waals surface area contributed by atoms with E-state index in [1.165, 1.54) is 6.07 Å². The quantitative estimate of drug-likeness (QED) is 0.655. The average Bonchev–Trinajstić information content (AvgIpc) is 2.41. The maximum absolute atomic E-state index is 10.9.